The highest BCUT2D eigenvalue weighted by atomic mass is 16.4. The van der Waals surface area contributed by atoms with Crippen molar-refractivity contribution >= 4 is 21.9 Å². The number of carbonyl (C=O) groups is 1. The van der Waals surface area contributed by atoms with Crippen LogP contribution in [0.4, 0.5) is 0 Å². The van der Waals surface area contributed by atoms with Gasteiger partial charge >= 0.3 is 0 Å². The van der Waals surface area contributed by atoms with Crippen molar-refractivity contribution in [1.29, 1.82) is 0 Å². The molecule has 0 heterocycles. The summed E-state index contributed by atoms with van der Waals surface area (Å²) in [6, 6.07) is 0. The van der Waals surface area contributed by atoms with Gasteiger partial charge in [0, 0.05) is 19.6 Å². The zero-order valence-electron chi connectivity index (χ0n) is 8.86. The lowest BCUT2D eigenvalue weighted by atomic mass is 9.92. The summed E-state index contributed by atoms with van der Waals surface area (Å²) in [6.45, 7) is 4.46. The summed E-state index contributed by atoms with van der Waals surface area (Å²) in [5.41, 5.74) is 0. The number of rotatable bonds is 8. The first-order chi connectivity index (χ1) is 6.60. The Morgan fingerprint density at radius 1 is 1.29 bits per heavy atom. The Balaban J connectivity index is 3.87. The van der Waals surface area contributed by atoms with E-state index in [-0.39, 0.29) is 11.7 Å². The summed E-state index contributed by atoms with van der Waals surface area (Å²) < 4.78 is 9.09. The Morgan fingerprint density at radius 2 is 1.86 bits per heavy atom. The van der Waals surface area contributed by atoms with Crippen LogP contribution >= 0.6 is 0 Å². The molecule has 0 saturated heterocycles. The van der Waals surface area contributed by atoms with Crippen LogP contribution in [0.2, 0.25) is 0 Å². The van der Waals surface area contributed by atoms with Gasteiger partial charge in [-0.3, -0.25) is 0 Å². The van der Waals surface area contributed by atoms with Gasteiger partial charge in [-0.25, -0.2) is 0 Å². The molecule has 0 saturated carbocycles. The molecule has 0 aliphatic heterocycles. The number of Topliss-reactive ketones (excluding diaryl/α,β-unsaturated/α-hetero) is 1. The van der Waals surface area contributed by atoms with Gasteiger partial charge in [0.25, 0.3) is 16.1 Å². The molecule has 0 fully saturated rings. The van der Waals surface area contributed by atoms with E-state index >= 15 is 0 Å². The van der Waals surface area contributed by atoms with Gasteiger partial charge in [0.15, 0.2) is 0 Å². The van der Waals surface area contributed by atoms with E-state index in [1.54, 1.807) is 6.92 Å². The molecule has 14 heavy (non-hydrogen) atoms. The summed E-state index contributed by atoms with van der Waals surface area (Å²) in [6.07, 6.45) is 1.32. The van der Waals surface area contributed by atoms with Crippen LogP contribution in [0.25, 0.3) is 0 Å². The second-order valence-corrected chi connectivity index (χ2v) is 3.78. The normalized spacial score (nSPS) is 15.0. The van der Waals surface area contributed by atoms with Gasteiger partial charge in [-0.15, -0.1) is 0 Å². The third-order valence-electron chi connectivity index (χ3n) is 2.02. The molecule has 0 aromatic carbocycles. The average molecular weight is 194 g/mol. The summed E-state index contributed by atoms with van der Waals surface area (Å²) in [5, 5.41) is 0. The van der Waals surface area contributed by atoms with Crippen LogP contribution < -0.4 is 0 Å². The van der Waals surface area contributed by atoms with E-state index < -0.39 is 0 Å². The summed E-state index contributed by atoms with van der Waals surface area (Å²) in [7, 11) is 9.95. The third-order valence-corrected chi connectivity index (χ3v) is 2.02. The quantitative estimate of drug-likeness (QED) is 0.536. The lowest BCUT2D eigenvalue weighted by Crippen LogP contribution is -2.18. The van der Waals surface area contributed by atoms with E-state index in [9.17, 15) is 4.79 Å². The number of carbonyl (C=O) groups excluding carboxylic acids is 1. The van der Waals surface area contributed by atoms with E-state index in [0.29, 0.717) is 25.6 Å². The minimum absolute atomic E-state index is 0.146. The van der Waals surface area contributed by atoms with Gasteiger partial charge in [0.05, 0.1) is 0 Å². The molecule has 2 atom stereocenters. The van der Waals surface area contributed by atoms with Crippen molar-refractivity contribution in [2.24, 2.45) is 11.8 Å². The largest absolute Gasteiger partial charge is 0.447 e. The van der Waals surface area contributed by atoms with Gasteiger partial charge < -0.3 is 14.1 Å². The topological polar surface area (TPSA) is 35.5 Å². The van der Waals surface area contributed by atoms with Crippen LogP contribution in [0, 0.1) is 11.8 Å². The average Bonchev–Trinajstić information content (AvgIpc) is 2.03. The summed E-state index contributed by atoms with van der Waals surface area (Å²) >= 11 is 0. The number of ketones is 1. The summed E-state index contributed by atoms with van der Waals surface area (Å²) in [4.78, 5) is 10.9. The summed E-state index contributed by atoms with van der Waals surface area (Å²) in [5.74, 6) is 0.607. The molecule has 0 amide bonds. The maximum absolute atomic E-state index is 10.9. The van der Waals surface area contributed by atoms with Crippen molar-refractivity contribution in [3.63, 3.8) is 0 Å². The van der Waals surface area contributed by atoms with Crippen LogP contribution in [0.3, 0.4) is 0 Å². The predicted molar refractivity (Wildman–Crippen MR) is 56.0 cm³/mol. The van der Waals surface area contributed by atoms with Gasteiger partial charge in [0.1, 0.15) is 5.78 Å². The highest BCUT2D eigenvalue weighted by molar-refractivity contribution is 5.98. The zero-order chi connectivity index (χ0) is 11.0. The highest BCUT2D eigenvalue weighted by Gasteiger charge is 2.14. The Labute approximate surface area is 88.4 Å². The predicted octanol–water partition coefficient (Wildman–Crippen LogP) is 0.808. The van der Waals surface area contributed by atoms with Crippen molar-refractivity contribution in [2.75, 3.05) is 13.2 Å². The maximum Gasteiger partial charge on any atom is 0.282 e. The molecule has 0 rings (SSSR count). The first-order valence-corrected chi connectivity index (χ1v) is 4.73. The lowest BCUT2D eigenvalue weighted by Gasteiger charge is -2.19. The van der Waals surface area contributed by atoms with Crippen LogP contribution in [-0.4, -0.2) is 35.1 Å². The minimum Gasteiger partial charge on any atom is -0.447 e. The second-order valence-electron chi connectivity index (χ2n) is 3.78. The Morgan fingerprint density at radius 3 is 2.29 bits per heavy atom. The fourth-order valence-corrected chi connectivity index (χ4v) is 1.55. The van der Waals surface area contributed by atoms with Crippen molar-refractivity contribution < 1.29 is 14.1 Å². The van der Waals surface area contributed by atoms with Crippen molar-refractivity contribution in [2.45, 2.75) is 26.7 Å². The fourth-order valence-electron chi connectivity index (χ4n) is 1.55. The smallest absolute Gasteiger partial charge is 0.282 e. The molecule has 0 aliphatic carbocycles. The van der Waals surface area contributed by atoms with E-state index in [1.807, 2.05) is 6.92 Å². The Kier molecular flexibility index (Phi) is 7.90. The molecule has 76 valence electrons. The maximum atomic E-state index is 10.9. The third kappa shape index (κ3) is 7.15. The molecule has 3 nitrogen and oxygen atoms in total. The standard InChI is InChI=1S/C9H16B2O3/c1-7(5-13-10)3-9(6-14-11)4-8(2)12/h7,9H,3-6H2,1-2H3. The monoisotopic (exact) mass is 194 g/mol. The van der Waals surface area contributed by atoms with Crippen molar-refractivity contribution in [3.8, 4) is 0 Å². The molecule has 0 aromatic heterocycles. The molecule has 0 aliphatic rings. The molecule has 0 spiro atoms. The lowest BCUT2D eigenvalue weighted by molar-refractivity contribution is -0.118. The van der Waals surface area contributed by atoms with Crippen LogP contribution in [0.1, 0.15) is 26.7 Å². The van der Waals surface area contributed by atoms with Crippen LogP contribution in [0.15, 0.2) is 0 Å². The van der Waals surface area contributed by atoms with Crippen LogP contribution in [0.5, 0.6) is 0 Å². The molecule has 0 bridgehead atoms. The Bertz CT molecular complexity index is 164. The zero-order valence-corrected chi connectivity index (χ0v) is 8.86. The molecule has 5 heteroatoms. The van der Waals surface area contributed by atoms with E-state index in [0.717, 1.165) is 6.42 Å². The molecule has 4 radical (unpaired) electrons. The Hall–Kier alpha value is -0.280. The van der Waals surface area contributed by atoms with E-state index in [2.05, 4.69) is 9.31 Å². The first kappa shape index (κ1) is 13.7. The van der Waals surface area contributed by atoms with Crippen molar-refractivity contribution in [1.82, 2.24) is 0 Å². The number of hydrogen-bond acceptors (Lipinski definition) is 3. The van der Waals surface area contributed by atoms with Gasteiger partial charge in [-0.2, -0.15) is 0 Å². The van der Waals surface area contributed by atoms with Gasteiger partial charge in [-0.05, 0) is 25.2 Å². The van der Waals surface area contributed by atoms with Crippen molar-refractivity contribution in [3.05, 3.63) is 0 Å². The SMILES string of the molecule is [B]OCC(C)CC(CO[B])CC(C)=O. The number of hydrogen-bond donors (Lipinski definition) is 0. The van der Waals surface area contributed by atoms with Gasteiger partial charge in [0.2, 0.25) is 0 Å². The molecular formula is C9H16B2O3. The van der Waals surface area contributed by atoms with Crippen LogP contribution in [-0.2, 0) is 14.1 Å². The second kappa shape index (κ2) is 8.06. The fraction of sp³-hybridized carbons (Fsp3) is 0.889. The molecule has 0 N–H and O–H groups in total. The highest BCUT2D eigenvalue weighted by Crippen LogP contribution is 2.16. The first-order valence-electron chi connectivity index (χ1n) is 4.73. The molecule has 2 unspecified atom stereocenters. The van der Waals surface area contributed by atoms with E-state index in [1.165, 1.54) is 0 Å². The van der Waals surface area contributed by atoms with E-state index in [4.69, 9.17) is 16.1 Å². The molecule has 0 aromatic rings. The molecular weight excluding hydrogens is 178 g/mol. The minimum atomic E-state index is 0.146. The van der Waals surface area contributed by atoms with Gasteiger partial charge in [-0.1, -0.05) is 6.92 Å².